The molecule has 0 fully saturated rings. The zero-order valence-electron chi connectivity index (χ0n) is 20.8. The Morgan fingerprint density at radius 1 is 0.579 bits per heavy atom. The Labute approximate surface area is 222 Å². The van der Waals surface area contributed by atoms with Crippen LogP contribution in [0.25, 0.3) is 12.2 Å². The number of hydrogen-bond donors (Lipinski definition) is 1. The number of rotatable bonds is 12. The summed E-state index contributed by atoms with van der Waals surface area (Å²) in [5, 5.41) is 10.2. The fraction of sp³-hybridized carbons (Fsp3) is 0.0909. The van der Waals surface area contributed by atoms with E-state index in [2.05, 4.69) is 0 Å². The third-order valence-electron chi connectivity index (χ3n) is 5.62. The van der Waals surface area contributed by atoms with E-state index in [0.717, 1.165) is 11.1 Å². The van der Waals surface area contributed by atoms with Crippen LogP contribution in [0.2, 0.25) is 0 Å². The molecule has 0 aliphatic carbocycles. The van der Waals surface area contributed by atoms with Crippen molar-refractivity contribution < 1.29 is 24.2 Å². The molecule has 190 valence electrons. The van der Waals surface area contributed by atoms with E-state index in [1.54, 1.807) is 66.8 Å². The summed E-state index contributed by atoms with van der Waals surface area (Å²) < 4.78 is 11.3. The van der Waals surface area contributed by atoms with Gasteiger partial charge in [-0.15, -0.1) is 0 Å². The van der Waals surface area contributed by atoms with Crippen molar-refractivity contribution in [2.24, 2.45) is 0 Å². The topological polar surface area (TPSA) is 72.8 Å². The summed E-state index contributed by atoms with van der Waals surface area (Å²) in [6.45, 7) is 0.103. The van der Waals surface area contributed by atoms with Gasteiger partial charge in [0.2, 0.25) is 0 Å². The van der Waals surface area contributed by atoms with Crippen molar-refractivity contribution in [1.29, 1.82) is 0 Å². The first-order valence-corrected chi connectivity index (χ1v) is 12.3. The smallest absolute Gasteiger partial charge is 0.185 e. The monoisotopic (exact) mass is 504 g/mol. The fourth-order valence-corrected chi connectivity index (χ4v) is 3.53. The van der Waals surface area contributed by atoms with Gasteiger partial charge in [-0.2, -0.15) is 0 Å². The van der Waals surface area contributed by atoms with E-state index < -0.39 is 6.10 Å². The van der Waals surface area contributed by atoms with Crippen molar-refractivity contribution in [3.05, 3.63) is 144 Å². The van der Waals surface area contributed by atoms with E-state index in [1.165, 1.54) is 6.08 Å². The molecule has 0 aromatic heterocycles. The fourth-order valence-electron chi connectivity index (χ4n) is 3.53. The Morgan fingerprint density at radius 3 is 1.53 bits per heavy atom. The van der Waals surface area contributed by atoms with Crippen molar-refractivity contribution in [3.8, 4) is 11.5 Å². The molecule has 0 aliphatic rings. The number of hydrogen-bond acceptors (Lipinski definition) is 5. The maximum atomic E-state index is 12.4. The molecule has 0 aliphatic heterocycles. The van der Waals surface area contributed by atoms with Crippen LogP contribution in [0.15, 0.2) is 121 Å². The molecule has 0 bridgehead atoms. The standard InChI is InChI=1S/C33H28O5/c34-29(23-37-30-17-11-26(12-18-30)14-22-32(35)27-9-5-2-6-10-27)24-38-31-19-15-28(16-20-31)33(36)21-13-25-7-3-1-4-8-25/h1-22,29,34H,23-24H2/b21-13-,22-14-/t29-/m0/s1. The van der Waals surface area contributed by atoms with Gasteiger partial charge in [0.25, 0.3) is 0 Å². The largest absolute Gasteiger partial charge is 0.491 e. The molecule has 1 N–H and O–H groups in total. The third kappa shape index (κ3) is 8.15. The lowest BCUT2D eigenvalue weighted by molar-refractivity contribution is 0.0626. The Hall–Kier alpha value is -4.74. The van der Waals surface area contributed by atoms with E-state index in [4.69, 9.17) is 9.47 Å². The first-order valence-electron chi connectivity index (χ1n) is 12.3. The molecular formula is C33H28O5. The highest BCUT2D eigenvalue weighted by molar-refractivity contribution is 6.07. The molecule has 0 heterocycles. The molecule has 4 rings (SSSR count). The lowest BCUT2D eigenvalue weighted by atomic mass is 10.1. The second-order valence-electron chi connectivity index (χ2n) is 8.54. The molecule has 4 aromatic rings. The third-order valence-corrected chi connectivity index (χ3v) is 5.62. The van der Waals surface area contributed by atoms with Gasteiger partial charge in [-0.1, -0.05) is 84.9 Å². The Morgan fingerprint density at radius 2 is 1.00 bits per heavy atom. The van der Waals surface area contributed by atoms with E-state index >= 15 is 0 Å². The Balaban J connectivity index is 1.19. The van der Waals surface area contributed by atoms with E-state index in [-0.39, 0.29) is 24.8 Å². The molecule has 0 radical (unpaired) electrons. The minimum absolute atomic E-state index is 0.0453. The average Bonchev–Trinajstić information content (AvgIpc) is 2.98. The first kappa shape index (κ1) is 26.3. The molecule has 5 nitrogen and oxygen atoms in total. The summed E-state index contributed by atoms with van der Waals surface area (Å²) in [5.41, 5.74) is 3.01. The van der Waals surface area contributed by atoms with Crippen LogP contribution in [0.3, 0.4) is 0 Å². The SMILES string of the molecule is O=C(/C=C\c1ccc(OC[C@H](O)COc2ccc(C(=O)/C=C\c3ccccc3)cc2)cc1)c1ccccc1. The van der Waals surface area contributed by atoms with Gasteiger partial charge in [0.1, 0.15) is 30.8 Å². The van der Waals surface area contributed by atoms with Crippen molar-refractivity contribution in [2.75, 3.05) is 13.2 Å². The van der Waals surface area contributed by atoms with Crippen LogP contribution in [0.1, 0.15) is 31.8 Å². The number of allylic oxidation sites excluding steroid dienone is 2. The van der Waals surface area contributed by atoms with Crippen LogP contribution in [0.5, 0.6) is 11.5 Å². The number of benzene rings is 4. The maximum absolute atomic E-state index is 12.4. The normalized spacial score (nSPS) is 11.9. The lowest BCUT2D eigenvalue weighted by Gasteiger charge is -2.14. The van der Waals surface area contributed by atoms with Crippen LogP contribution in [-0.4, -0.2) is 36.0 Å². The van der Waals surface area contributed by atoms with Crippen LogP contribution >= 0.6 is 0 Å². The molecule has 0 unspecified atom stereocenters. The number of ether oxygens (including phenoxy) is 2. The summed E-state index contributed by atoms with van der Waals surface area (Å²) in [5.74, 6) is 0.990. The Kier molecular flexibility index (Phi) is 9.38. The summed E-state index contributed by atoms with van der Waals surface area (Å²) in [6, 6.07) is 32.7. The number of carbonyl (C=O) groups is 2. The van der Waals surface area contributed by atoms with E-state index in [9.17, 15) is 14.7 Å². The zero-order valence-corrected chi connectivity index (χ0v) is 20.8. The van der Waals surface area contributed by atoms with Crippen LogP contribution in [0, 0.1) is 0 Å². The van der Waals surface area contributed by atoms with Gasteiger partial charge in [-0.05, 0) is 59.7 Å². The zero-order chi connectivity index (χ0) is 26.6. The molecule has 0 saturated carbocycles. The van der Waals surface area contributed by atoms with Crippen LogP contribution in [-0.2, 0) is 0 Å². The second kappa shape index (κ2) is 13.5. The van der Waals surface area contributed by atoms with Crippen LogP contribution in [0.4, 0.5) is 0 Å². The van der Waals surface area contributed by atoms with Gasteiger partial charge in [0.05, 0.1) is 0 Å². The van der Waals surface area contributed by atoms with Gasteiger partial charge >= 0.3 is 0 Å². The number of carbonyl (C=O) groups excluding carboxylic acids is 2. The highest BCUT2D eigenvalue weighted by Gasteiger charge is 2.08. The summed E-state index contributed by atoms with van der Waals surface area (Å²) >= 11 is 0. The summed E-state index contributed by atoms with van der Waals surface area (Å²) in [7, 11) is 0. The predicted molar refractivity (Wildman–Crippen MR) is 149 cm³/mol. The van der Waals surface area contributed by atoms with Gasteiger partial charge in [-0.3, -0.25) is 9.59 Å². The quantitative estimate of drug-likeness (QED) is 0.181. The lowest BCUT2D eigenvalue weighted by Crippen LogP contribution is -2.25. The summed E-state index contributed by atoms with van der Waals surface area (Å²) in [4.78, 5) is 24.5. The molecule has 0 spiro atoms. The molecule has 5 heteroatoms. The molecule has 0 saturated heterocycles. The summed E-state index contributed by atoms with van der Waals surface area (Å²) in [6.07, 6.45) is 5.77. The number of aliphatic hydroxyl groups excluding tert-OH is 1. The van der Waals surface area contributed by atoms with E-state index in [1.807, 2.05) is 60.7 Å². The highest BCUT2D eigenvalue weighted by Crippen LogP contribution is 2.16. The molecule has 4 aromatic carbocycles. The minimum atomic E-state index is -0.840. The first-order chi connectivity index (χ1) is 18.6. The van der Waals surface area contributed by atoms with Crippen molar-refractivity contribution in [1.82, 2.24) is 0 Å². The van der Waals surface area contributed by atoms with Crippen molar-refractivity contribution in [2.45, 2.75) is 6.10 Å². The van der Waals surface area contributed by atoms with Gasteiger partial charge in [0.15, 0.2) is 11.6 Å². The van der Waals surface area contributed by atoms with Gasteiger partial charge < -0.3 is 14.6 Å². The maximum Gasteiger partial charge on any atom is 0.185 e. The predicted octanol–water partition coefficient (Wildman–Crippen LogP) is 6.30. The average molecular weight is 505 g/mol. The highest BCUT2D eigenvalue weighted by atomic mass is 16.5. The van der Waals surface area contributed by atoms with E-state index in [0.29, 0.717) is 22.6 Å². The van der Waals surface area contributed by atoms with Gasteiger partial charge in [-0.25, -0.2) is 0 Å². The molecular weight excluding hydrogens is 476 g/mol. The van der Waals surface area contributed by atoms with Crippen molar-refractivity contribution in [3.63, 3.8) is 0 Å². The second-order valence-corrected chi connectivity index (χ2v) is 8.54. The van der Waals surface area contributed by atoms with Crippen LogP contribution < -0.4 is 9.47 Å². The molecule has 0 amide bonds. The Bertz CT molecular complexity index is 1370. The molecule has 38 heavy (non-hydrogen) atoms. The number of aliphatic hydroxyl groups is 1. The minimum Gasteiger partial charge on any atom is -0.491 e. The number of ketones is 2. The molecule has 1 atom stereocenters. The van der Waals surface area contributed by atoms with Crippen molar-refractivity contribution >= 4 is 23.7 Å². The van der Waals surface area contributed by atoms with Gasteiger partial charge in [0, 0.05) is 11.1 Å².